The summed E-state index contributed by atoms with van der Waals surface area (Å²) in [6.45, 7) is 7.16. The fraction of sp³-hybridized carbons (Fsp3) is 0.917. The average molecular weight is 228 g/mol. The van der Waals surface area contributed by atoms with Gasteiger partial charge in [-0.1, -0.05) is 6.92 Å². The first-order valence-corrected chi connectivity index (χ1v) is 6.16. The first kappa shape index (κ1) is 13.5. The molecular weight excluding hydrogens is 204 g/mol. The molecule has 0 amide bonds. The van der Waals surface area contributed by atoms with Crippen molar-refractivity contribution in [3.05, 3.63) is 0 Å². The maximum atomic E-state index is 10.8. The Hall–Kier alpha value is -0.610. The van der Waals surface area contributed by atoms with Gasteiger partial charge in [-0.25, -0.2) is 0 Å². The summed E-state index contributed by atoms with van der Waals surface area (Å²) in [5, 5.41) is 8.87. The number of carbonyl (C=O) groups is 1. The number of likely N-dealkylation sites (tertiary alicyclic amines) is 1. The van der Waals surface area contributed by atoms with Crippen molar-refractivity contribution in [2.75, 3.05) is 19.6 Å². The van der Waals surface area contributed by atoms with Crippen molar-refractivity contribution in [2.24, 2.45) is 11.7 Å². The van der Waals surface area contributed by atoms with Gasteiger partial charge in [0.25, 0.3) is 0 Å². The normalized spacial score (nSPS) is 22.9. The third-order valence-corrected chi connectivity index (χ3v) is 3.54. The summed E-state index contributed by atoms with van der Waals surface area (Å²) >= 11 is 0. The molecule has 16 heavy (non-hydrogen) atoms. The minimum atomic E-state index is -1.07. The van der Waals surface area contributed by atoms with E-state index in [2.05, 4.69) is 11.8 Å². The van der Waals surface area contributed by atoms with Crippen molar-refractivity contribution in [1.82, 2.24) is 4.90 Å². The van der Waals surface area contributed by atoms with E-state index in [-0.39, 0.29) is 0 Å². The van der Waals surface area contributed by atoms with Gasteiger partial charge in [0, 0.05) is 0 Å². The molecule has 1 fully saturated rings. The van der Waals surface area contributed by atoms with E-state index in [1.807, 2.05) is 0 Å². The molecule has 1 aliphatic heterocycles. The van der Waals surface area contributed by atoms with Crippen LogP contribution in [0.3, 0.4) is 0 Å². The number of carboxylic acid groups (broad SMARTS) is 1. The molecule has 0 aromatic heterocycles. The lowest BCUT2D eigenvalue weighted by Gasteiger charge is -2.30. The Kier molecular flexibility index (Phi) is 4.74. The number of carboxylic acids is 1. The summed E-state index contributed by atoms with van der Waals surface area (Å²) in [6.07, 6.45) is 3.94. The van der Waals surface area contributed by atoms with Crippen molar-refractivity contribution >= 4 is 5.97 Å². The van der Waals surface area contributed by atoms with Gasteiger partial charge < -0.3 is 15.7 Å². The standard InChI is InChI=1S/C12H24N2O2/c1-10-4-8-14(9-5-10)7-3-6-12(2,13)11(15)16/h10H,3-9,13H2,1-2H3,(H,15,16). The van der Waals surface area contributed by atoms with Crippen LogP contribution in [0.25, 0.3) is 0 Å². The van der Waals surface area contributed by atoms with E-state index in [0.29, 0.717) is 6.42 Å². The molecule has 3 N–H and O–H groups in total. The first-order chi connectivity index (χ1) is 7.42. The van der Waals surface area contributed by atoms with E-state index < -0.39 is 11.5 Å². The Labute approximate surface area is 97.8 Å². The lowest BCUT2D eigenvalue weighted by Crippen LogP contribution is -2.45. The Morgan fingerprint density at radius 1 is 1.50 bits per heavy atom. The topological polar surface area (TPSA) is 66.6 Å². The van der Waals surface area contributed by atoms with Gasteiger partial charge in [-0.15, -0.1) is 0 Å². The lowest BCUT2D eigenvalue weighted by atomic mass is 9.96. The van der Waals surface area contributed by atoms with Crippen LogP contribution >= 0.6 is 0 Å². The maximum absolute atomic E-state index is 10.8. The third kappa shape index (κ3) is 4.10. The molecule has 4 heteroatoms. The molecule has 1 heterocycles. The molecule has 0 aliphatic carbocycles. The number of nitrogens with zero attached hydrogens (tertiary/aromatic N) is 1. The molecule has 0 aromatic rings. The zero-order valence-electron chi connectivity index (χ0n) is 10.4. The van der Waals surface area contributed by atoms with Crippen LogP contribution in [0.5, 0.6) is 0 Å². The zero-order chi connectivity index (χ0) is 12.2. The minimum Gasteiger partial charge on any atom is -0.480 e. The summed E-state index contributed by atoms with van der Waals surface area (Å²) in [5.74, 6) is -0.0604. The Bertz CT molecular complexity index is 233. The van der Waals surface area contributed by atoms with E-state index in [1.54, 1.807) is 6.92 Å². The third-order valence-electron chi connectivity index (χ3n) is 3.54. The van der Waals surface area contributed by atoms with E-state index in [0.717, 1.165) is 32.0 Å². The maximum Gasteiger partial charge on any atom is 0.323 e. The number of aliphatic carboxylic acids is 1. The number of rotatable bonds is 5. The molecule has 94 valence electrons. The van der Waals surface area contributed by atoms with Crippen LogP contribution in [0.15, 0.2) is 0 Å². The Morgan fingerprint density at radius 2 is 2.06 bits per heavy atom. The van der Waals surface area contributed by atoms with Crippen LogP contribution in [0.4, 0.5) is 0 Å². The highest BCUT2D eigenvalue weighted by molar-refractivity contribution is 5.77. The second kappa shape index (κ2) is 5.64. The molecule has 0 saturated carbocycles. The van der Waals surface area contributed by atoms with Crippen LogP contribution in [0, 0.1) is 5.92 Å². The smallest absolute Gasteiger partial charge is 0.323 e. The summed E-state index contributed by atoms with van der Waals surface area (Å²) in [5.41, 5.74) is 4.61. The quantitative estimate of drug-likeness (QED) is 0.744. The predicted molar refractivity (Wildman–Crippen MR) is 64.3 cm³/mol. The van der Waals surface area contributed by atoms with Crippen LogP contribution in [-0.2, 0) is 4.79 Å². The highest BCUT2D eigenvalue weighted by Gasteiger charge is 2.27. The number of piperidine rings is 1. The highest BCUT2D eigenvalue weighted by Crippen LogP contribution is 2.17. The van der Waals surface area contributed by atoms with Gasteiger partial charge >= 0.3 is 5.97 Å². The fourth-order valence-electron chi connectivity index (χ4n) is 2.06. The summed E-state index contributed by atoms with van der Waals surface area (Å²) in [7, 11) is 0. The van der Waals surface area contributed by atoms with Gasteiger partial charge in [-0.05, 0) is 58.2 Å². The van der Waals surface area contributed by atoms with Crippen LogP contribution in [0.1, 0.15) is 39.5 Å². The van der Waals surface area contributed by atoms with Crippen LogP contribution in [0.2, 0.25) is 0 Å². The second-order valence-corrected chi connectivity index (χ2v) is 5.35. The van der Waals surface area contributed by atoms with Crippen molar-refractivity contribution in [3.8, 4) is 0 Å². The molecule has 4 nitrogen and oxygen atoms in total. The molecule has 1 unspecified atom stereocenters. The fourth-order valence-corrected chi connectivity index (χ4v) is 2.06. The highest BCUT2D eigenvalue weighted by atomic mass is 16.4. The van der Waals surface area contributed by atoms with Crippen molar-refractivity contribution in [1.29, 1.82) is 0 Å². The minimum absolute atomic E-state index is 0.550. The van der Waals surface area contributed by atoms with Gasteiger partial charge in [0.15, 0.2) is 0 Å². The predicted octanol–water partition coefficient (Wildman–Crippen LogP) is 1.30. The van der Waals surface area contributed by atoms with E-state index >= 15 is 0 Å². The number of nitrogens with two attached hydrogens (primary N) is 1. The molecule has 0 aromatic carbocycles. The van der Waals surface area contributed by atoms with Crippen LogP contribution in [-0.4, -0.2) is 41.1 Å². The van der Waals surface area contributed by atoms with E-state index in [9.17, 15) is 4.79 Å². The lowest BCUT2D eigenvalue weighted by molar-refractivity contribution is -0.142. The second-order valence-electron chi connectivity index (χ2n) is 5.35. The van der Waals surface area contributed by atoms with Gasteiger partial charge in [0.1, 0.15) is 5.54 Å². The molecule has 1 atom stereocenters. The molecule has 1 saturated heterocycles. The molecule has 0 radical (unpaired) electrons. The molecule has 1 rings (SSSR count). The van der Waals surface area contributed by atoms with Gasteiger partial charge in [0.05, 0.1) is 0 Å². The summed E-state index contributed by atoms with van der Waals surface area (Å²) < 4.78 is 0. The molecule has 1 aliphatic rings. The van der Waals surface area contributed by atoms with Gasteiger partial charge in [-0.2, -0.15) is 0 Å². The van der Waals surface area contributed by atoms with Crippen molar-refractivity contribution in [2.45, 2.75) is 45.1 Å². The summed E-state index contributed by atoms with van der Waals surface area (Å²) in [6, 6.07) is 0. The SMILES string of the molecule is CC1CCN(CCCC(C)(N)C(=O)O)CC1. The van der Waals surface area contributed by atoms with Crippen LogP contribution < -0.4 is 5.73 Å². The molecule has 0 spiro atoms. The average Bonchev–Trinajstić information content (AvgIpc) is 2.20. The first-order valence-electron chi connectivity index (χ1n) is 6.16. The van der Waals surface area contributed by atoms with Gasteiger partial charge in [0.2, 0.25) is 0 Å². The summed E-state index contributed by atoms with van der Waals surface area (Å²) in [4.78, 5) is 13.2. The Balaban J connectivity index is 2.18. The largest absolute Gasteiger partial charge is 0.480 e. The number of hydrogen-bond acceptors (Lipinski definition) is 3. The monoisotopic (exact) mass is 228 g/mol. The van der Waals surface area contributed by atoms with E-state index in [1.165, 1.54) is 12.8 Å². The Morgan fingerprint density at radius 3 is 2.56 bits per heavy atom. The molecule has 0 bridgehead atoms. The van der Waals surface area contributed by atoms with Crippen molar-refractivity contribution < 1.29 is 9.90 Å². The van der Waals surface area contributed by atoms with Crippen molar-refractivity contribution in [3.63, 3.8) is 0 Å². The molecular formula is C12H24N2O2. The zero-order valence-corrected chi connectivity index (χ0v) is 10.4. The number of hydrogen-bond donors (Lipinski definition) is 2. The van der Waals surface area contributed by atoms with E-state index in [4.69, 9.17) is 10.8 Å². The van der Waals surface area contributed by atoms with Gasteiger partial charge in [-0.3, -0.25) is 4.79 Å².